The van der Waals surface area contributed by atoms with Crippen molar-refractivity contribution in [3.8, 4) is 5.75 Å². The minimum absolute atomic E-state index is 0.0852. The molecule has 0 atom stereocenters. The molecule has 37 heavy (non-hydrogen) atoms. The first-order chi connectivity index (χ1) is 17.9. The van der Waals surface area contributed by atoms with E-state index in [2.05, 4.69) is 51.8 Å². The van der Waals surface area contributed by atoms with E-state index < -0.39 is 0 Å². The second-order valence-electron chi connectivity index (χ2n) is 9.77. The predicted octanol–water partition coefficient (Wildman–Crippen LogP) is 6.68. The predicted molar refractivity (Wildman–Crippen MR) is 153 cm³/mol. The van der Waals surface area contributed by atoms with Gasteiger partial charge in [-0.1, -0.05) is 57.2 Å². The van der Waals surface area contributed by atoms with Crippen LogP contribution >= 0.6 is 0 Å². The Morgan fingerprint density at radius 1 is 0.676 bits per heavy atom. The van der Waals surface area contributed by atoms with E-state index in [0.717, 1.165) is 27.4 Å². The van der Waals surface area contributed by atoms with Crippen molar-refractivity contribution in [3.63, 3.8) is 0 Å². The van der Waals surface area contributed by atoms with Gasteiger partial charge in [0.1, 0.15) is 17.4 Å². The summed E-state index contributed by atoms with van der Waals surface area (Å²) in [5.74, 6) is 1.33. The lowest BCUT2D eigenvalue weighted by Gasteiger charge is -2.21. The molecular formula is C30H28N6O. The molecule has 0 aliphatic rings. The zero-order valence-corrected chi connectivity index (χ0v) is 21.0. The van der Waals surface area contributed by atoms with Crippen LogP contribution in [0.15, 0.2) is 95.1 Å². The van der Waals surface area contributed by atoms with E-state index in [0.29, 0.717) is 22.8 Å². The summed E-state index contributed by atoms with van der Waals surface area (Å²) >= 11 is 0. The number of phenols is 1. The van der Waals surface area contributed by atoms with Crippen molar-refractivity contribution < 1.29 is 5.11 Å². The second kappa shape index (κ2) is 10.1. The van der Waals surface area contributed by atoms with Crippen molar-refractivity contribution in [1.82, 2.24) is 9.97 Å². The molecule has 5 rings (SSSR count). The minimum Gasteiger partial charge on any atom is -0.507 e. The first-order valence-electron chi connectivity index (χ1n) is 12.0. The molecule has 3 N–H and O–H groups in total. The Labute approximate surface area is 215 Å². The molecule has 5 aromatic rings. The van der Waals surface area contributed by atoms with Crippen molar-refractivity contribution in [2.24, 2.45) is 10.2 Å². The van der Waals surface area contributed by atoms with Gasteiger partial charge >= 0.3 is 0 Å². The minimum atomic E-state index is -0.139. The zero-order chi connectivity index (χ0) is 25.8. The summed E-state index contributed by atoms with van der Waals surface area (Å²) in [5, 5.41) is 21.8. The van der Waals surface area contributed by atoms with Crippen molar-refractivity contribution in [3.05, 3.63) is 102 Å². The summed E-state index contributed by atoms with van der Waals surface area (Å²) in [6, 6.07) is 27.4. The number of pyridine rings is 2. The number of rotatable bonds is 6. The third-order valence-electron chi connectivity index (χ3n) is 6.00. The fraction of sp³-hybridized carbons (Fsp3) is 0.133. The highest BCUT2D eigenvalue weighted by Gasteiger charge is 2.18. The SMILES string of the molecule is CC(C)(C)c1cc(C=NNc2ccc3ccccc3n2)c(O)c(C=NNc2ccc3ccccc3n2)c1. The number of phenolic OH excluding ortho intramolecular Hbond substituents is 1. The van der Waals surface area contributed by atoms with Gasteiger partial charge in [0.05, 0.1) is 23.5 Å². The number of hydrogen-bond acceptors (Lipinski definition) is 7. The van der Waals surface area contributed by atoms with Crippen LogP contribution in [0.5, 0.6) is 5.75 Å². The lowest BCUT2D eigenvalue weighted by molar-refractivity contribution is 0.472. The summed E-state index contributed by atoms with van der Waals surface area (Å²) in [6.45, 7) is 6.36. The molecule has 7 heteroatoms. The van der Waals surface area contributed by atoms with Crippen LogP contribution in [0, 0.1) is 0 Å². The van der Waals surface area contributed by atoms with E-state index in [4.69, 9.17) is 0 Å². The molecule has 2 aromatic heterocycles. The molecule has 184 valence electrons. The number of hydrazone groups is 2. The molecule has 0 aliphatic heterocycles. The van der Waals surface area contributed by atoms with Gasteiger partial charge < -0.3 is 5.11 Å². The van der Waals surface area contributed by atoms with Crippen molar-refractivity contribution in [2.45, 2.75) is 26.2 Å². The van der Waals surface area contributed by atoms with Crippen LogP contribution in [0.3, 0.4) is 0 Å². The van der Waals surface area contributed by atoms with Gasteiger partial charge in [-0.3, -0.25) is 10.9 Å². The van der Waals surface area contributed by atoms with Crippen LogP contribution in [0.25, 0.3) is 21.8 Å². The normalized spacial score (nSPS) is 12.1. The van der Waals surface area contributed by atoms with Crippen LogP contribution < -0.4 is 10.9 Å². The van der Waals surface area contributed by atoms with E-state index >= 15 is 0 Å². The zero-order valence-electron chi connectivity index (χ0n) is 21.0. The van der Waals surface area contributed by atoms with Gasteiger partial charge in [0.15, 0.2) is 0 Å². The Balaban J connectivity index is 1.38. The number of hydrogen-bond donors (Lipinski definition) is 3. The number of benzene rings is 3. The Morgan fingerprint density at radius 2 is 1.14 bits per heavy atom. The number of para-hydroxylation sites is 2. The molecule has 0 saturated carbocycles. The maximum absolute atomic E-state index is 11.0. The van der Waals surface area contributed by atoms with Gasteiger partial charge in [-0.25, -0.2) is 9.97 Å². The lowest BCUT2D eigenvalue weighted by Crippen LogP contribution is -2.12. The molecule has 0 radical (unpaired) electrons. The summed E-state index contributed by atoms with van der Waals surface area (Å²) in [7, 11) is 0. The standard InChI is InChI=1S/C30H28N6O/c1-30(2,3)24-16-22(18-31-35-27-14-12-20-8-4-6-10-25(20)33-27)29(37)23(17-24)19-32-36-28-15-13-21-9-5-7-11-26(21)34-28/h4-19,37H,1-3H3,(H,33,35)(H,34,36). The summed E-state index contributed by atoms with van der Waals surface area (Å²) in [6.07, 6.45) is 3.19. The Hall–Kier alpha value is -4.78. The highest BCUT2D eigenvalue weighted by atomic mass is 16.3. The number of fused-ring (bicyclic) bond motifs is 2. The first-order valence-corrected chi connectivity index (χ1v) is 12.0. The van der Waals surface area contributed by atoms with E-state index in [1.54, 1.807) is 12.4 Å². The molecule has 2 heterocycles. The first kappa shape index (κ1) is 23.9. The van der Waals surface area contributed by atoms with Gasteiger partial charge in [-0.2, -0.15) is 10.2 Å². The second-order valence-corrected chi connectivity index (χ2v) is 9.77. The number of aromatic nitrogens is 2. The highest BCUT2D eigenvalue weighted by Crippen LogP contribution is 2.30. The Bertz CT molecular complexity index is 1520. The number of nitrogens with zero attached hydrogens (tertiary/aromatic N) is 4. The molecule has 0 unspecified atom stereocenters. The van der Waals surface area contributed by atoms with Gasteiger partial charge in [0.25, 0.3) is 0 Å². The average molecular weight is 489 g/mol. The molecular weight excluding hydrogens is 460 g/mol. The number of anilines is 2. The molecule has 0 fully saturated rings. The molecule has 0 amide bonds. The lowest BCUT2D eigenvalue weighted by atomic mass is 9.85. The third-order valence-corrected chi connectivity index (χ3v) is 6.00. The Morgan fingerprint density at radius 3 is 1.59 bits per heavy atom. The van der Waals surface area contributed by atoms with Gasteiger partial charge in [0.2, 0.25) is 0 Å². The van der Waals surface area contributed by atoms with Crippen LogP contribution in [0.4, 0.5) is 11.6 Å². The number of aromatic hydroxyl groups is 1. The monoisotopic (exact) mass is 488 g/mol. The maximum Gasteiger partial charge on any atom is 0.146 e. The topological polar surface area (TPSA) is 94.8 Å². The van der Waals surface area contributed by atoms with Crippen LogP contribution in [-0.2, 0) is 5.41 Å². The number of nitrogens with one attached hydrogen (secondary N) is 2. The summed E-state index contributed by atoms with van der Waals surface area (Å²) in [4.78, 5) is 9.14. The van der Waals surface area contributed by atoms with Crippen LogP contribution in [-0.4, -0.2) is 27.5 Å². The molecule has 0 saturated heterocycles. The maximum atomic E-state index is 11.0. The summed E-state index contributed by atoms with van der Waals surface area (Å²) < 4.78 is 0. The Kier molecular flexibility index (Phi) is 6.51. The fourth-order valence-corrected chi connectivity index (χ4v) is 3.90. The largest absolute Gasteiger partial charge is 0.507 e. The molecule has 0 bridgehead atoms. The van der Waals surface area contributed by atoms with Crippen molar-refractivity contribution in [1.29, 1.82) is 0 Å². The van der Waals surface area contributed by atoms with Crippen molar-refractivity contribution >= 4 is 45.9 Å². The molecule has 7 nitrogen and oxygen atoms in total. The highest BCUT2D eigenvalue weighted by molar-refractivity contribution is 5.93. The molecule has 3 aromatic carbocycles. The van der Waals surface area contributed by atoms with Gasteiger partial charge in [0, 0.05) is 21.9 Å². The van der Waals surface area contributed by atoms with E-state index in [-0.39, 0.29) is 11.2 Å². The average Bonchev–Trinajstić information content (AvgIpc) is 2.89. The van der Waals surface area contributed by atoms with Crippen molar-refractivity contribution in [2.75, 3.05) is 10.9 Å². The fourth-order valence-electron chi connectivity index (χ4n) is 3.90. The quantitative estimate of drug-likeness (QED) is 0.183. The van der Waals surface area contributed by atoms with Gasteiger partial charge in [-0.05, 0) is 59.5 Å². The third kappa shape index (κ3) is 5.56. The van der Waals surface area contributed by atoms with E-state index in [1.165, 1.54) is 0 Å². The van der Waals surface area contributed by atoms with E-state index in [1.807, 2.05) is 84.9 Å². The molecule has 0 aliphatic carbocycles. The van der Waals surface area contributed by atoms with Crippen LogP contribution in [0.2, 0.25) is 0 Å². The van der Waals surface area contributed by atoms with Crippen LogP contribution in [0.1, 0.15) is 37.5 Å². The summed E-state index contributed by atoms with van der Waals surface area (Å²) in [5.41, 5.74) is 9.74. The molecule has 0 spiro atoms. The van der Waals surface area contributed by atoms with E-state index in [9.17, 15) is 5.11 Å². The smallest absolute Gasteiger partial charge is 0.146 e. The van der Waals surface area contributed by atoms with Gasteiger partial charge in [-0.15, -0.1) is 0 Å².